The first kappa shape index (κ1) is 30.4. The topological polar surface area (TPSA) is 105 Å². The summed E-state index contributed by atoms with van der Waals surface area (Å²) in [6.45, 7) is -1.68. The number of hydrogen-bond donors (Lipinski definition) is 1. The number of benzene rings is 1. The molecule has 4 rings (SSSR count). The number of amides is 1. The molecular formula is C26H21Cl2F5N4O4. The average molecular weight is 619 g/mol. The molecule has 41 heavy (non-hydrogen) atoms. The third kappa shape index (κ3) is 6.67. The fraction of sp³-hybridized carbons (Fsp3) is 0.346. The van der Waals surface area contributed by atoms with E-state index in [-0.39, 0.29) is 41.3 Å². The Hall–Kier alpha value is -3.58. The quantitative estimate of drug-likeness (QED) is 0.237. The van der Waals surface area contributed by atoms with E-state index >= 15 is 0 Å². The van der Waals surface area contributed by atoms with Gasteiger partial charge in [0.2, 0.25) is 0 Å². The van der Waals surface area contributed by atoms with E-state index in [0.717, 1.165) is 30.6 Å². The number of pyridine rings is 1. The van der Waals surface area contributed by atoms with Gasteiger partial charge in [-0.25, -0.2) is 8.78 Å². The second-order valence-corrected chi connectivity index (χ2v) is 10.3. The minimum atomic E-state index is -5.08. The molecule has 0 saturated heterocycles. The van der Waals surface area contributed by atoms with Crippen molar-refractivity contribution in [3.63, 3.8) is 0 Å². The summed E-state index contributed by atoms with van der Waals surface area (Å²) in [6.07, 6.45) is -1.80. The summed E-state index contributed by atoms with van der Waals surface area (Å²) in [5.74, 6) is -5.80. The average Bonchev–Trinajstić information content (AvgIpc) is 3.36. The van der Waals surface area contributed by atoms with Crippen LogP contribution < -0.4 is 0 Å². The normalized spacial score (nSPS) is 17.3. The van der Waals surface area contributed by atoms with Crippen LogP contribution in [0.4, 0.5) is 22.0 Å². The van der Waals surface area contributed by atoms with Crippen LogP contribution in [0.15, 0.2) is 36.8 Å². The van der Waals surface area contributed by atoms with Crippen molar-refractivity contribution in [1.82, 2.24) is 19.7 Å². The van der Waals surface area contributed by atoms with Gasteiger partial charge in [-0.2, -0.15) is 18.3 Å². The van der Waals surface area contributed by atoms with Gasteiger partial charge in [0.1, 0.15) is 11.6 Å². The predicted molar refractivity (Wildman–Crippen MR) is 136 cm³/mol. The van der Waals surface area contributed by atoms with Crippen molar-refractivity contribution in [2.24, 2.45) is 5.92 Å². The second-order valence-electron chi connectivity index (χ2n) is 9.49. The van der Waals surface area contributed by atoms with Crippen LogP contribution in [0.25, 0.3) is 0 Å². The minimum Gasteiger partial charge on any atom is -0.481 e. The van der Waals surface area contributed by atoms with E-state index < -0.39 is 77.3 Å². The highest BCUT2D eigenvalue weighted by Crippen LogP contribution is 2.39. The maximum absolute atomic E-state index is 14.5. The molecule has 2 aromatic heterocycles. The highest BCUT2D eigenvalue weighted by atomic mass is 35.5. The molecule has 1 aliphatic rings. The zero-order chi connectivity index (χ0) is 30.1. The molecule has 0 atom stereocenters. The Morgan fingerprint density at radius 3 is 2.24 bits per heavy atom. The van der Waals surface area contributed by atoms with E-state index in [1.165, 1.54) is 0 Å². The van der Waals surface area contributed by atoms with Crippen LogP contribution in [0.1, 0.15) is 63.7 Å². The summed E-state index contributed by atoms with van der Waals surface area (Å²) in [5.41, 5.74) is -2.98. The van der Waals surface area contributed by atoms with Crippen molar-refractivity contribution in [1.29, 1.82) is 0 Å². The van der Waals surface area contributed by atoms with E-state index in [1.54, 1.807) is 0 Å². The van der Waals surface area contributed by atoms with Gasteiger partial charge < -0.3 is 10.0 Å². The molecule has 0 bridgehead atoms. The number of halogens is 7. The number of rotatable bonds is 8. The van der Waals surface area contributed by atoms with E-state index in [1.807, 2.05) is 0 Å². The lowest BCUT2D eigenvalue weighted by Crippen LogP contribution is -2.37. The maximum atomic E-state index is 14.5. The molecule has 0 spiro atoms. The zero-order valence-electron chi connectivity index (χ0n) is 21.0. The number of hydrogen-bond acceptors (Lipinski definition) is 5. The number of alkyl halides is 3. The number of carbonyl (C=O) groups excluding carboxylic acids is 2. The first-order valence-corrected chi connectivity index (χ1v) is 13.0. The molecule has 1 aromatic carbocycles. The molecule has 0 radical (unpaired) electrons. The number of carboxylic acid groups (broad SMARTS) is 1. The molecule has 2 heterocycles. The second kappa shape index (κ2) is 12.1. The Balaban J connectivity index is 1.73. The van der Waals surface area contributed by atoms with Crippen LogP contribution in [-0.4, -0.2) is 49.0 Å². The van der Waals surface area contributed by atoms with Crippen LogP contribution >= 0.6 is 23.2 Å². The highest BCUT2D eigenvalue weighted by Gasteiger charge is 2.43. The molecule has 1 N–H and O–H groups in total. The number of aliphatic carboxylic acids is 1. The fourth-order valence-electron chi connectivity index (χ4n) is 4.82. The molecule has 1 saturated carbocycles. The molecule has 1 amide bonds. The summed E-state index contributed by atoms with van der Waals surface area (Å²) < 4.78 is 72.1. The van der Waals surface area contributed by atoms with E-state index in [0.29, 0.717) is 15.8 Å². The number of carbonyl (C=O) groups is 3. The number of Topliss-reactive ketones (excluding diaryl/α,β-unsaturated/α-hetero) is 1. The summed E-state index contributed by atoms with van der Waals surface area (Å²) in [4.78, 5) is 42.4. The van der Waals surface area contributed by atoms with Crippen molar-refractivity contribution < 1.29 is 41.4 Å². The molecule has 15 heteroatoms. The molecule has 3 aromatic rings. The third-order valence-corrected chi connectivity index (χ3v) is 7.38. The van der Waals surface area contributed by atoms with Crippen molar-refractivity contribution in [3.05, 3.63) is 80.9 Å². The van der Waals surface area contributed by atoms with Crippen LogP contribution in [0.2, 0.25) is 10.0 Å². The number of nitrogens with zero attached hydrogens (tertiary/aromatic N) is 4. The molecular weight excluding hydrogens is 598 g/mol. The van der Waals surface area contributed by atoms with Crippen LogP contribution in [0, 0.1) is 17.6 Å². The lowest BCUT2D eigenvalue weighted by Gasteiger charge is -2.28. The predicted octanol–water partition coefficient (Wildman–Crippen LogP) is 6.22. The smallest absolute Gasteiger partial charge is 0.433 e. The SMILES string of the molecule is O=C(CN(Cc1cc(F)ccc1F)C(=O)c1cnn(C2CCC(C(=O)O)CC2)c1C(F)(F)F)c1c(Cl)cncc1Cl. The fourth-order valence-corrected chi connectivity index (χ4v) is 5.39. The van der Waals surface area contributed by atoms with Gasteiger partial charge >= 0.3 is 12.1 Å². The van der Waals surface area contributed by atoms with Gasteiger partial charge in [0.15, 0.2) is 11.5 Å². The number of ketones is 1. The molecule has 1 aliphatic carbocycles. The molecule has 0 aliphatic heterocycles. The number of aromatic nitrogens is 3. The monoisotopic (exact) mass is 618 g/mol. The molecule has 1 fully saturated rings. The minimum absolute atomic E-state index is 0.0745. The number of carboxylic acids is 1. The summed E-state index contributed by atoms with van der Waals surface area (Å²) in [6, 6.07) is 1.51. The Labute approximate surface area is 239 Å². The maximum Gasteiger partial charge on any atom is 0.433 e. The summed E-state index contributed by atoms with van der Waals surface area (Å²) >= 11 is 12.1. The summed E-state index contributed by atoms with van der Waals surface area (Å²) in [7, 11) is 0. The molecule has 8 nitrogen and oxygen atoms in total. The van der Waals surface area contributed by atoms with Crippen molar-refractivity contribution in [2.45, 2.75) is 44.4 Å². The van der Waals surface area contributed by atoms with Crippen LogP contribution in [0.5, 0.6) is 0 Å². The van der Waals surface area contributed by atoms with Crippen molar-refractivity contribution in [2.75, 3.05) is 6.54 Å². The Kier molecular flexibility index (Phi) is 8.97. The van der Waals surface area contributed by atoms with Crippen molar-refractivity contribution in [3.8, 4) is 0 Å². The van der Waals surface area contributed by atoms with Gasteiger partial charge in [-0.15, -0.1) is 0 Å². The van der Waals surface area contributed by atoms with Gasteiger partial charge in [-0.3, -0.25) is 24.0 Å². The lowest BCUT2D eigenvalue weighted by atomic mass is 9.86. The third-order valence-electron chi connectivity index (χ3n) is 6.81. The van der Waals surface area contributed by atoms with Gasteiger partial charge in [-0.1, -0.05) is 23.2 Å². The van der Waals surface area contributed by atoms with E-state index in [2.05, 4.69) is 10.1 Å². The zero-order valence-corrected chi connectivity index (χ0v) is 22.5. The lowest BCUT2D eigenvalue weighted by molar-refractivity contribution is -0.147. The first-order valence-electron chi connectivity index (χ1n) is 12.2. The van der Waals surface area contributed by atoms with Gasteiger partial charge in [0, 0.05) is 24.5 Å². The molecule has 218 valence electrons. The Bertz CT molecular complexity index is 1470. The summed E-state index contributed by atoms with van der Waals surface area (Å²) in [5, 5.41) is 12.7. The van der Waals surface area contributed by atoms with Crippen LogP contribution in [0.3, 0.4) is 0 Å². The first-order chi connectivity index (χ1) is 19.3. The van der Waals surface area contributed by atoms with E-state index in [9.17, 15) is 41.4 Å². The Morgan fingerprint density at radius 2 is 1.66 bits per heavy atom. The van der Waals surface area contributed by atoms with Crippen LogP contribution in [-0.2, 0) is 17.5 Å². The van der Waals surface area contributed by atoms with Gasteiger partial charge in [0.05, 0.1) is 45.9 Å². The van der Waals surface area contributed by atoms with Gasteiger partial charge in [-0.05, 0) is 43.9 Å². The van der Waals surface area contributed by atoms with Crippen molar-refractivity contribution >= 4 is 40.9 Å². The van der Waals surface area contributed by atoms with Gasteiger partial charge in [0.25, 0.3) is 5.91 Å². The standard InChI is InChI=1S/C26H21Cl2F5N4O4/c27-18-9-34-10-19(28)22(18)21(38)12-36(11-14-7-15(29)3-6-20(14)30)24(39)17-8-35-37(23(17)26(31,32)33)16-4-1-13(2-5-16)25(40)41/h3,6-10,13,16H,1-2,4-5,11-12H2,(H,40,41). The molecule has 0 unspecified atom stereocenters. The van der Waals surface area contributed by atoms with E-state index in [4.69, 9.17) is 23.2 Å². The Morgan fingerprint density at radius 1 is 1.02 bits per heavy atom. The highest BCUT2D eigenvalue weighted by molar-refractivity contribution is 6.39. The largest absolute Gasteiger partial charge is 0.481 e.